The van der Waals surface area contributed by atoms with Gasteiger partial charge >= 0.3 is 18.9 Å². The predicted molar refractivity (Wildman–Crippen MR) is 47.7 cm³/mol. The topological polar surface area (TPSA) is 0 Å². The van der Waals surface area contributed by atoms with Gasteiger partial charge in [-0.1, -0.05) is 49.6 Å². The van der Waals surface area contributed by atoms with Crippen molar-refractivity contribution < 1.29 is 20.3 Å². The van der Waals surface area contributed by atoms with Crippen LogP contribution in [-0.2, 0) is 0 Å². The van der Waals surface area contributed by atoms with Crippen molar-refractivity contribution in [3.63, 3.8) is 0 Å². The van der Waals surface area contributed by atoms with E-state index in [2.05, 4.69) is 13.2 Å². The molecule has 0 radical (unpaired) electrons. The van der Waals surface area contributed by atoms with E-state index in [9.17, 15) is 0 Å². The largest absolute Gasteiger partial charge is 1.00 e. The van der Waals surface area contributed by atoms with E-state index in [0.29, 0.717) is 0 Å². The molecule has 0 amide bonds. The van der Waals surface area contributed by atoms with Crippen molar-refractivity contribution >= 4 is 12.2 Å². The standard InChI is InChI=1S/C10H10.Li.H/c1-3-9-7-5-6-8-10(9)4-2;;/h3-8H,1-2H2;;/q;+1;-1. The van der Waals surface area contributed by atoms with Gasteiger partial charge in [0.05, 0.1) is 0 Å². The van der Waals surface area contributed by atoms with Crippen LogP contribution in [0.4, 0.5) is 0 Å². The van der Waals surface area contributed by atoms with E-state index < -0.39 is 0 Å². The fraction of sp³-hybridized carbons (Fsp3) is 0. The molecule has 0 atom stereocenters. The van der Waals surface area contributed by atoms with Crippen LogP contribution in [0, 0.1) is 0 Å². The van der Waals surface area contributed by atoms with E-state index in [4.69, 9.17) is 0 Å². The summed E-state index contributed by atoms with van der Waals surface area (Å²) in [5, 5.41) is 0. The molecule has 1 heteroatoms. The monoisotopic (exact) mass is 138 g/mol. The molecule has 11 heavy (non-hydrogen) atoms. The third-order valence-corrected chi connectivity index (χ3v) is 1.44. The SMILES string of the molecule is C=Cc1ccccc1C=C.[H-].[Li+]. The zero-order valence-corrected chi connectivity index (χ0v) is 6.88. The second-order valence-corrected chi connectivity index (χ2v) is 2.04. The van der Waals surface area contributed by atoms with Crippen molar-refractivity contribution in [3.8, 4) is 0 Å². The molecule has 1 aromatic rings. The molecule has 0 N–H and O–H groups in total. The summed E-state index contributed by atoms with van der Waals surface area (Å²) in [6.07, 6.45) is 3.66. The summed E-state index contributed by atoms with van der Waals surface area (Å²) < 4.78 is 0. The maximum atomic E-state index is 3.69. The Kier molecular flexibility index (Phi) is 4.69. The normalized spacial score (nSPS) is 8.00. The first-order valence-electron chi connectivity index (χ1n) is 3.22. The molecule has 0 aliphatic rings. The quantitative estimate of drug-likeness (QED) is 0.508. The maximum Gasteiger partial charge on any atom is 1.00 e. The first-order valence-corrected chi connectivity index (χ1v) is 3.22. The summed E-state index contributed by atoms with van der Waals surface area (Å²) in [6, 6.07) is 8.02. The Bertz CT molecular complexity index is 229. The molecule has 1 rings (SSSR count). The van der Waals surface area contributed by atoms with Crippen molar-refractivity contribution in [2.24, 2.45) is 0 Å². The first kappa shape index (κ1) is 10.3. The molecule has 0 unspecified atom stereocenters. The summed E-state index contributed by atoms with van der Waals surface area (Å²) in [5.41, 5.74) is 2.27. The van der Waals surface area contributed by atoms with E-state index in [1.165, 1.54) is 0 Å². The van der Waals surface area contributed by atoms with Crippen LogP contribution in [0.5, 0.6) is 0 Å². The van der Waals surface area contributed by atoms with Crippen LogP contribution in [0.25, 0.3) is 12.2 Å². The minimum absolute atomic E-state index is 0. The Morgan fingerprint density at radius 3 is 1.64 bits per heavy atom. The number of rotatable bonds is 2. The zero-order valence-electron chi connectivity index (χ0n) is 7.88. The molecule has 0 aliphatic heterocycles. The molecule has 0 nitrogen and oxygen atoms in total. The molecule has 0 bridgehead atoms. The second kappa shape index (κ2) is 5.02. The van der Waals surface area contributed by atoms with E-state index in [-0.39, 0.29) is 20.3 Å². The Morgan fingerprint density at radius 1 is 1.00 bits per heavy atom. The molecule has 0 fully saturated rings. The van der Waals surface area contributed by atoms with Gasteiger partial charge in [0, 0.05) is 0 Å². The number of benzene rings is 1. The molecule has 1 aromatic carbocycles. The van der Waals surface area contributed by atoms with Gasteiger partial charge < -0.3 is 1.43 Å². The van der Waals surface area contributed by atoms with Crippen LogP contribution >= 0.6 is 0 Å². The molecule has 0 spiro atoms. The Balaban J connectivity index is 0. The van der Waals surface area contributed by atoms with E-state index in [1.54, 1.807) is 0 Å². The Hall–Kier alpha value is -0.703. The van der Waals surface area contributed by atoms with Gasteiger partial charge in [-0.3, -0.25) is 0 Å². The molecule has 0 aromatic heterocycles. The van der Waals surface area contributed by atoms with Gasteiger partial charge in [-0.2, -0.15) is 0 Å². The molecule has 0 aliphatic carbocycles. The first-order chi connectivity index (χ1) is 4.88. The van der Waals surface area contributed by atoms with Gasteiger partial charge in [0.2, 0.25) is 0 Å². The van der Waals surface area contributed by atoms with Crippen molar-refractivity contribution in [1.29, 1.82) is 0 Å². The van der Waals surface area contributed by atoms with Gasteiger partial charge in [0.1, 0.15) is 0 Å². The average Bonchev–Trinajstić information content (AvgIpc) is 2.04. The Morgan fingerprint density at radius 2 is 1.36 bits per heavy atom. The van der Waals surface area contributed by atoms with Crippen LogP contribution in [0.15, 0.2) is 37.4 Å². The van der Waals surface area contributed by atoms with E-state index >= 15 is 0 Å². The number of hydrogen-bond donors (Lipinski definition) is 0. The molecular weight excluding hydrogens is 127 g/mol. The van der Waals surface area contributed by atoms with Gasteiger partial charge in [-0.25, -0.2) is 0 Å². The second-order valence-electron chi connectivity index (χ2n) is 2.04. The maximum absolute atomic E-state index is 3.69. The molecule has 0 saturated carbocycles. The zero-order chi connectivity index (χ0) is 7.40. The van der Waals surface area contributed by atoms with Crippen molar-refractivity contribution in [2.75, 3.05) is 0 Å². The fourth-order valence-electron chi connectivity index (χ4n) is 0.883. The molecule has 52 valence electrons. The molecule has 0 saturated heterocycles. The fourth-order valence-corrected chi connectivity index (χ4v) is 0.883. The number of hydrogen-bond acceptors (Lipinski definition) is 0. The van der Waals surface area contributed by atoms with Crippen molar-refractivity contribution in [1.82, 2.24) is 0 Å². The van der Waals surface area contributed by atoms with E-state index in [0.717, 1.165) is 11.1 Å². The summed E-state index contributed by atoms with van der Waals surface area (Å²) in [5.74, 6) is 0. The van der Waals surface area contributed by atoms with Gasteiger partial charge in [-0.15, -0.1) is 0 Å². The van der Waals surface area contributed by atoms with Gasteiger partial charge in [0.15, 0.2) is 0 Å². The smallest absolute Gasteiger partial charge is 1.00 e. The average molecular weight is 138 g/mol. The molecular formula is C10H11Li. The Labute approximate surface area is 81.3 Å². The van der Waals surface area contributed by atoms with E-state index in [1.807, 2.05) is 36.4 Å². The predicted octanol–water partition coefficient (Wildman–Crippen LogP) is 0.0891. The minimum Gasteiger partial charge on any atom is -1.00 e. The van der Waals surface area contributed by atoms with Gasteiger partial charge in [-0.05, 0) is 11.1 Å². The van der Waals surface area contributed by atoms with Crippen molar-refractivity contribution in [3.05, 3.63) is 48.6 Å². The third kappa shape index (κ3) is 2.42. The summed E-state index contributed by atoms with van der Waals surface area (Å²) in [4.78, 5) is 0. The minimum atomic E-state index is 0. The molecule has 0 heterocycles. The summed E-state index contributed by atoms with van der Waals surface area (Å²) in [7, 11) is 0. The summed E-state index contributed by atoms with van der Waals surface area (Å²) in [6.45, 7) is 7.38. The summed E-state index contributed by atoms with van der Waals surface area (Å²) >= 11 is 0. The van der Waals surface area contributed by atoms with Crippen molar-refractivity contribution in [2.45, 2.75) is 0 Å². The van der Waals surface area contributed by atoms with Gasteiger partial charge in [0.25, 0.3) is 0 Å². The van der Waals surface area contributed by atoms with Crippen LogP contribution in [-0.4, -0.2) is 0 Å². The van der Waals surface area contributed by atoms with Crippen LogP contribution in [0.3, 0.4) is 0 Å². The van der Waals surface area contributed by atoms with Crippen LogP contribution in [0.1, 0.15) is 12.6 Å². The third-order valence-electron chi connectivity index (χ3n) is 1.44. The van der Waals surface area contributed by atoms with Crippen LogP contribution in [0.2, 0.25) is 0 Å². The van der Waals surface area contributed by atoms with Crippen LogP contribution < -0.4 is 18.9 Å².